The standard InChI is InChI=1S/C25H29N5O4/c1-25(2,3)22(31)19-13-17-14-21(26-15-20(17)27-19)28-23(32)16-5-7-18(8-6-16)34-24(33)30-11-9-29(4)10-12-30/h5-8,13-15,27H,9-12H2,1-4H3,(H,26,28,32). The molecule has 0 bridgehead atoms. The van der Waals surface area contributed by atoms with E-state index >= 15 is 0 Å². The number of Topliss-reactive ketones (excluding diaryl/α,β-unsaturated/α-hetero) is 1. The number of anilines is 1. The van der Waals surface area contributed by atoms with Crippen molar-refractivity contribution in [2.24, 2.45) is 5.41 Å². The maximum atomic E-state index is 12.7. The Labute approximate surface area is 198 Å². The molecular weight excluding hydrogens is 434 g/mol. The van der Waals surface area contributed by atoms with Crippen LogP contribution >= 0.6 is 0 Å². The van der Waals surface area contributed by atoms with Crippen molar-refractivity contribution < 1.29 is 19.1 Å². The number of nitrogens with one attached hydrogen (secondary N) is 2. The van der Waals surface area contributed by atoms with E-state index in [1.807, 2.05) is 27.8 Å². The number of aromatic nitrogens is 2. The minimum Gasteiger partial charge on any atom is -0.410 e. The number of amides is 2. The Morgan fingerprint density at radius 3 is 2.35 bits per heavy atom. The molecule has 0 unspecified atom stereocenters. The van der Waals surface area contributed by atoms with Gasteiger partial charge in [-0.25, -0.2) is 9.78 Å². The molecule has 2 aromatic heterocycles. The maximum Gasteiger partial charge on any atom is 0.415 e. The highest BCUT2D eigenvalue weighted by Crippen LogP contribution is 2.25. The van der Waals surface area contributed by atoms with Crippen molar-refractivity contribution in [1.29, 1.82) is 0 Å². The second kappa shape index (κ2) is 9.26. The monoisotopic (exact) mass is 463 g/mol. The summed E-state index contributed by atoms with van der Waals surface area (Å²) in [4.78, 5) is 48.7. The third kappa shape index (κ3) is 5.26. The van der Waals surface area contributed by atoms with Crippen LogP contribution in [0.25, 0.3) is 10.9 Å². The number of nitrogens with zero attached hydrogens (tertiary/aromatic N) is 3. The van der Waals surface area contributed by atoms with Gasteiger partial charge < -0.3 is 24.8 Å². The zero-order chi connectivity index (χ0) is 24.5. The second-order valence-electron chi connectivity index (χ2n) is 9.56. The van der Waals surface area contributed by atoms with Gasteiger partial charge in [0.15, 0.2) is 5.78 Å². The fourth-order valence-electron chi connectivity index (χ4n) is 3.64. The first-order valence-electron chi connectivity index (χ1n) is 11.2. The van der Waals surface area contributed by atoms with Crippen LogP contribution in [0.15, 0.2) is 42.6 Å². The summed E-state index contributed by atoms with van der Waals surface area (Å²) in [7, 11) is 2.02. The number of carbonyl (C=O) groups is 3. The molecule has 0 saturated carbocycles. The number of benzene rings is 1. The fourth-order valence-corrected chi connectivity index (χ4v) is 3.64. The lowest BCUT2D eigenvalue weighted by Crippen LogP contribution is -2.48. The lowest BCUT2D eigenvalue weighted by molar-refractivity contribution is 0.0853. The SMILES string of the molecule is CN1CCN(C(=O)Oc2ccc(C(=O)Nc3cc4cc(C(=O)C(C)(C)C)[nH]c4cn3)cc2)CC1. The fraction of sp³-hybridized carbons (Fsp3) is 0.360. The van der Waals surface area contributed by atoms with E-state index in [9.17, 15) is 14.4 Å². The van der Waals surface area contributed by atoms with Crippen molar-refractivity contribution in [3.63, 3.8) is 0 Å². The highest BCUT2D eigenvalue weighted by molar-refractivity contribution is 6.05. The molecule has 0 radical (unpaired) electrons. The number of piperazine rings is 1. The Morgan fingerprint density at radius 2 is 1.71 bits per heavy atom. The van der Waals surface area contributed by atoms with Gasteiger partial charge >= 0.3 is 6.09 Å². The minimum absolute atomic E-state index is 0.00250. The van der Waals surface area contributed by atoms with E-state index in [2.05, 4.69) is 20.2 Å². The van der Waals surface area contributed by atoms with E-state index in [0.29, 0.717) is 35.9 Å². The van der Waals surface area contributed by atoms with Crippen molar-refractivity contribution in [3.8, 4) is 5.75 Å². The Bertz CT molecular complexity index is 1220. The number of carbonyl (C=O) groups excluding carboxylic acids is 3. The summed E-state index contributed by atoms with van der Waals surface area (Å²) in [5.41, 5.74) is 1.13. The number of H-pyrrole nitrogens is 1. The number of likely N-dealkylation sites (N-methyl/N-ethyl adjacent to an activating group) is 1. The van der Waals surface area contributed by atoms with Gasteiger partial charge in [-0.3, -0.25) is 9.59 Å². The molecule has 1 aromatic carbocycles. The maximum absolute atomic E-state index is 12.7. The largest absolute Gasteiger partial charge is 0.415 e. The van der Waals surface area contributed by atoms with E-state index < -0.39 is 11.5 Å². The molecule has 1 aliphatic rings. The highest BCUT2D eigenvalue weighted by atomic mass is 16.6. The lowest BCUT2D eigenvalue weighted by atomic mass is 9.89. The number of ether oxygens (including phenoxy) is 1. The summed E-state index contributed by atoms with van der Waals surface area (Å²) >= 11 is 0. The molecule has 4 rings (SSSR count). The normalized spacial score (nSPS) is 14.8. The van der Waals surface area contributed by atoms with Gasteiger partial charge in [0, 0.05) is 42.5 Å². The van der Waals surface area contributed by atoms with Gasteiger partial charge in [-0.1, -0.05) is 20.8 Å². The summed E-state index contributed by atoms with van der Waals surface area (Å²) in [6.45, 7) is 8.46. The predicted molar refractivity (Wildman–Crippen MR) is 129 cm³/mol. The molecule has 34 heavy (non-hydrogen) atoms. The molecule has 0 atom stereocenters. The van der Waals surface area contributed by atoms with Gasteiger partial charge in [0.1, 0.15) is 11.6 Å². The molecular formula is C25H29N5O4. The van der Waals surface area contributed by atoms with E-state index in [1.54, 1.807) is 47.5 Å². The molecule has 2 amide bonds. The molecule has 3 aromatic rings. The van der Waals surface area contributed by atoms with Gasteiger partial charge in [-0.15, -0.1) is 0 Å². The first-order valence-corrected chi connectivity index (χ1v) is 11.2. The zero-order valence-corrected chi connectivity index (χ0v) is 19.8. The summed E-state index contributed by atoms with van der Waals surface area (Å²) in [6.07, 6.45) is 1.20. The van der Waals surface area contributed by atoms with E-state index in [-0.39, 0.29) is 11.7 Å². The van der Waals surface area contributed by atoms with Gasteiger partial charge in [-0.2, -0.15) is 0 Å². The quantitative estimate of drug-likeness (QED) is 0.570. The minimum atomic E-state index is -0.504. The Morgan fingerprint density at radius 1 is 1.03 bits per heavy atom. The van der Waals surface area contributed by atoms with Crippen molar-refractivity contribution in [2.45, 2.75) is 20.8 Å². The molecule has 1 saturated heterocycles. The number of rotatable bonds is 4. The van der Waals surface area contributed by atoms with Crippen LogP contribution in [-0.2, 0) is 0 Å². The number of ketones is 1. The van der Waals surface area contributed by atoms with Crippen LogP contribution < -0.4 is 10.1 Å². The van der Waals surface area contributed by atoms with E-state index in [4.69, 9.17) is 4.74 Å². The number of hydrogen-bond acceptors (Lipinski definition) is 6. The predicted octanol–water partition coefficient (Wildman–Crippen LogP) is 3.79. The summed E-state index contributed by atoms with van der Waals surface area (Å²) in [6, 6.07) is 9.86. The van der Waals surface area contributed by atoms with Crippen molar-refractivity contribution >= 4 is 34.5 Å². The first-order chi connectivity index (χ1) is 16.1. The number of pyridine rings is 1. The molecule has 9 nitrogen and oxygen atoms in total. The van der Waals surface area contributed by atoms with Gasteiger partial charge in [0.2, 0.25) is 0 Å². The van der Waals surface area contributed by atoms with Crippen LogP contribution in [0.2, 0.25) is 0 Å². The molecule has 0 spiro atoms. The molecule has 1 aliphatic heterocycles. The van der Waals surface area contributed by atoms with Crippen LogP contribution in [-0.4, -0.2) is 70.8 Å². The highest BCUT2D eigenvalue weighted by Gasteiger charge is 2.24. The Kier molecular flexibility index (Phi) is 6.39. The smallest absolute Gasteiger partial charge is 0.410 e. The Hall–Kier alpha value is -3.72. The molecule has 1 fully saturated rings. The second-order valence-corrected chi connectivity index (χ2v) is 9.56. The zero-order valence-electron chi connectivity index (χ0n) is 19.8. The van der Waals surface area contributed by atoms with E-state index in [1.165, 1.54) is 0 Å². The molecule has 2 N–H and O–H groups in total. The van der Waals surface area contributed by atoms with Crippen LogP contribution in [0.5, 0.6) is 5.75 Å². The molecule has 178 valence electrons. The van der Waals surface area contributed by atoms with Crippen LogP contribution in [0.3, 0.4) is 0 Å². The average Bonchev–Trinajstić information content (AvgIpc) is 3.22. The van der Waals surface area contributed by atoms with Crippen molar-refractivity contribution in [3.05, 3.63) is 53.9 Å². The van der Waals surface area contributed by atoms with E-state index in [0.717, 1.165) is 24.0 Å². The summed E-state index contributed by atoms with van der Waals surface area (Å²) in [5.74, 6) is 0.410. The number of fused-ring (bicyclic) bond motifs is 1. The topological polar surface area (TPSA) is 108 Å². The van der Waals surface area contributed by atoms with Crippen LogP contribution in [0.4, 0.5) is 10.6 Å². The van der Waals surface area contributed by atoms with Crippen molar-refractivity contribution in [1.82, 2.24) is 19.8 Å². The Balaban J connectivity index is 1.39. The summed E-state index contributed by atoms with van der Waals surface area (Å²) < 4.78 is 5.43. The number of aromatic amines is 1. The van der Waals surface area contributed by atoms with Crippen LogP contribution in [0, 0.1) is 5.41 Å². The molecule has 0 aliphatic carbocycles. The first kappa shape index (κ1) is 23.4. The van der Waals surface area contributed by atoms with Crippen LogP contribution in [0.1, 0.15) is 41.6 Å². The molecule has 3 heterocycles. The van der Waals surface area contributed by atoms with Gasteiger partial charge in [0.05, 0.1) is 17.4 Å². The average molecular weight is 464 g/mol. The summed E-state index contributed by atoms with van der Waals surface area (Å²) in [5, 5.41) is 3.55. The molecule has 9 heteroatoms. The lowest BCUT2D eigenvalue weighted by Gasteiger charge is -2.31. The third-order valence-electron chi connectivity index (χ3n) is 5.76. The third-order valence-corrected chi connectivity index (χ3v) is 5.76. The number of hydrogen-bond donors (Lipinski definition) is 2. The van der Waals surface area contributed by atoms with Crippen molar-refractivity contribution in [2.75, 3.05) is 38.5 Å². The van der Waals surface area contributed by atoms with Gasteiger partial charge in [0.25, 0.3) is 5.91 Å². The van der Waals surface area contributed by atoms with Gasteiger partial charge in [-0.05, 0) is 43.4 Å².